The SMILES string of the molecule is CCCCCCCCCCCCCCCCCC(=O)C(C)(C(=O)CCCCCCCCCCCCCCCCC)C(C)(C)C. The molecular weight excluding hydrogens is 536 g/mol. The molecule has 0 saturated heterocycles. The first kappa shape index (κ1) is 43.3. The van der Waals surface area contributed by atoms with Gasteiger partial charge in [-0.15, -0.1) is 0 Å². The summed E-state index contributed by atoms with van der Waals surface area (Å²) in [6.07, 6.45) is 41.0. The third-order valence-electron chi connectivity index (χ3n) is 10.6. The highest BCUT2D eigenvalue weighted by Gasteiger charge is 2.48. The Morgan fingerprint density at radius 1 is 0.318 bits per heavy atom. The van der Waals surface area contributed by atoms with Gasteiger partial charge in [0, 0.05) is 12.8 Å². The topological polar surface area (TPSA) is 34.1 Å². The number of rotatable bonds is 34. The minimum atomic E-state index is -0.848. The van der Waals surface area contributed by atoms with Crippen molar-refractivity contribution in [1.82, 2.24) is 0 Å². The number of carbonyl (C=O) groups is 2. The molecule has 0 radical (unpaired) electrons. The van der Waals surface area contributed by atoms with Gasteiger partial charge in [0.15, 0.2) is 0 Å². The second-order valence-corrected chi connectivity index (χ2v) is 15.6. The zero-order chi connectivity index (χ0) is 32.8. The van der Waals surface area contributed by atoms with E-state index in [1.54, 1.807) is 0 Å². The molecule has 44 heavy (non-hydrogen) atoms. The van der Waals surface area contributed by atoms with Crippen LogP contribution in [0.4, 0.5) is 0 Å². The molecule has 0 aromatic heterocycles. The summed E-state index contributed by atoms with van der Waals surface area (Å²) < 4.78 is 0. The number of ketones is 2. The molecule has 0 heterocycles. The van der Waals surface area contributed by atoms with Gasteiger partial charge in [0.05, 0.1) is 5.41 Å². The Morgan fingerprint density at radius 2 is 0.500 bits per heavy atom. The van der Waals surface area contributed by atoms with Crippen LogP contribution in [0.1, 0.15) is 247 Å². The normalized spacial score (nSPS) is 12.2. The molecule has 0 aliphatic heterocycles. The Hall–Kier alpha value is -0.660. The van der Waals surface area contributed by atoms with E-state index in [1.165, 1.54) is 167 Å². The molecule has 0 aromatic rings. The predicted octanol–water partition coefficient (Wildman–Crippen LogP) is 14.7. The van der Waals surface area contributed by atoms with Gasteiger partial charge in [-0.2, -0.15) is 0 Å². The molecule has 0 bridgehead atoms. The van der Waals surface area contributed by atoms with Gasteiger partial charge in [-0.3, -0.25) is 9.59 Å². The number of unbranched alkanes of at least 4 members (excludes halogenated alkanes) is 28. The first-order chi connectivity index (χ1) is 21.2. The lowest BCUT2D eigenvalue weighted by Gasteiger charge is -2.39. The highest BCUT2D eigenvalue weighted by Crippen LogP contribution is 2.42. The van der Waals surface area contributed by atoms with E-state index >= 15 is 0 Å². The van der Waals surface area contributed by atoms with Crippen molar-refractivity contribution < 1.29 is 9.59 Å². The van der Waals surface area contributed by atoms with Crippen LogP contribution >= 0.6 is 0 Å². The van der Waals surface area contributed by atoms with Gasteiger partial charge in [-0.05, 0) is 25.2 Å². The van der Waals surface area contributed by atoms with Crippen LogP contribution in [0.25, 0.3) is 0 Å². The molecule has 0 atom stereocenters. The summed E-state index contributed by atoms with van der Waals surface area (Å²) in [6.45, 7) is 12.8. The van der Waals surface area contributed by atoms with Gasteiger partial charge in [0.2, 0.25) is 0 Å². The van der Waals surface area contributed by atoms with Gasteiger partial charge in [-0.25, -0.2) is 0 Å². The summed E-state index contributed by atoms with van der Waals surface area (Å²) in [4.78, 5) is 26.9. The smallest absolute Gasteiger partial charge is 0.146 e. The molecule has 0 aliphatic rings. The molecule has 0 saturated carbocycles. The highest BCUT2D eigenvalue weighted by atomic mass is 16.2. The Labute approximate surface area is 278 Å². The lowest BCUT2D eigenvalue weighted by Crippen LogP contribution is -2.47. The van der Waals surface area contributed by atoms with Crippen molar-refractivity contribution in [3.63, 3.8) is 0 Å². The molecule has 0 amide bonds. The Balaban J connectivity index is 3.93. The number of carbonyl (C=O) groups excluding carboxylic acids is 2. The van der Waals surface area contributed by atoms with Crippen molar-refractivity contribution in [3.05, 3.63) is 0 Å². The van der Waals surface area contributed by atoms with E-state index in [-0.39, 0.29) is 17.0 Å². The Morgan fingerprint density at radius 3 is 0.682 bits per heavy atom. The summed E-state index contributed by atoms with van der Waals surface area (Å²) >= 11 is 0. The van der Waals surface area contributed by atoms with Gasteiger partial charge < -0.3 is 0 Å². The maximum Gasteiger partial charge on any atom is 0.146 e. The third-order valence-corrected chi connectivity index (χ3v) is 10.6. The molecule has 262 valence electrons. The van der Waals surface area contributed by atoms with Crippen molar-refractivity contribution >= 4 is 11.6 Å². The van der Waals surface area contributed by atoms with Crippen molar-refractivity contribution in [2.75, 3.05) is 0 Å². The molecule has 0 N–H and O–H groups in total. The molecule has 0 aliphatic carbocycles. The molecule has 2 nitrogen and oxygen atoms in total. The van der Waals surface area contributed by atoms with E-state index in [9.17, 15) is 9.59 Å². The lowest BCUT2D eigenvalue weighted by atomic mass is 9.61. The van der Waals surface area contributed by atoms with Gasteiger partial charge in [0.1, 0.15) is 11.6 Å². The number of hydrogen-bond acceptors (Lipinski definition) is 2. The maximum absolute atomic E-state index is 13.4. The zero-order valence-corrected chi connectivity index (χ0v) is 31.4. The first-order valence-electron chi connectivity index (χ1n) is 20.3. The van der Waals surface area contributed by atoms with Crippen LogP contribution < -0.4 is 0 Å². The second kappa shape index (κ2) is 29.7. The monoisotopic (exact) mass is 619 g/mol. The lowest BCUT2D eigenvalue weighted by molar-refractivity contribution is -0.147. The quantitative estimate of drug-likeness (QED) is 0.0531. The molecular formula is C42H82O2. The average molecular weight is 619 g/mol. The molecule has 2 heteroatoms. The van der Waals surface area contributed by atoms with Crippen LogP contribution in [0.15, 0.2) is 0 Å². The maximum atomic E-state index is 13.4. The van der Waals surface area contributed by atoms with Crippen LogP contribution in [0.2, 0.25) is 0 Å². The van der Waals surface area contributed by atoms with Crippen LogP contribution in [-0.2, 0) is 9.59 Å². The third kappa shape index (κ3) is 22.8. The van der Waals surface area contributed by atoms with Crippen molar-refractivity contribution in [3.8, 4) is 0 Å². The zero-order valence-electron chi connectivity index (χ0n) is 31.4. The van der Waals surface area contributed by atoms with E-state index in [0.717, 1.165) is 25.7 Å². The summed E-state index contributed by atoms with van der Waals surface area (Å²) in [6, 6.07) is 0. The first-order valence-corrected chi connectivity index (χ1v) is 20.3. The minimum Gasteiger partial charge on any atom is -0.299 e. The highest BCUT2D eigenvalue weighted by molar-refractivity contribution is 6.07. The largest absolute Gasteiger partial charge is 0.299 e. The van der Waals surface area contributed by atoms with E-state index in [4.69, 9.17) is 0 Å². The fourth-order valence-electron chi connectivity index (χ4n) is 6.81. The fraction of sp³-hybridized carbons (Fsp3) is 0.952. The van der Waals surface area contributed by atoms with E-state index < -0.39 is 5.41 Å². The Kier molecular flexibility index (Phi) is 29.3. The average Bonchev–Trinajstić information content (AvgIpc) is 2.99. The minimum absolute atomic E-state index is 0.186. The molecule has 0 unspecified atom stereocenters. The van der Waals surface area contributed by atoms with Crippen molar-refractivity contribution in [2.24, 2.45) is 10.8 Å². The standard InChI is InChI=1S/C42H82O2/c1-7-9-11-13-15-17-19-21-23-25-27-29-31-33-35-37-39(43)42(6,41(3,4)5)40(44)38-36-34-32-30-28-26-24-22-20-18-16-14-12-10-8-2/h7-38H2,1-6H3. The van der Waals surface area contributed by atoms with E-state index in [1.807, 2.05) is 6.92 Å². The van der Waals surface area contributed by atoms with Crippen LogP contribution in [-0.4, -0.2) is 11.6 Å². The number of hydrogen-bond donors (Lipinski definition) is 0. The van der Waals surface area contributed by atoms with Gasteiger partial charge in [0.25, 0.3) is 0 Å². The predicted molar refractivity (Wildman–Crippen MR) is 197 cm³/mol. The van der Waals surface area contributed by atoms with Crippen molar-refractivity contribution in [1.29, 1.82) is 0 Å². The van der Waals surface area contributed by atoms with E-state index in [0.29, 0.717) is 12.8 Å². The van der Waals surface area contributed by atoms with E-state index in [2.05, 4.69) is 34.6 Å². The van der Waals surface area contributed by atoms with Crippen LogP contribution in [0.3, 0.4) is 0 Å². The van der Waals surface area contributed by atoms with Gasteiger partial charge >= 0.3 is 0 Å². The molecule has 0 spiro atoms. The Bertz CT molecular complexity index is 597. The summed E-state index contributed by atoms with van der Waals surface area (Å²) in [5, 5.41) is 0. The molecule has 0 fully saturated rings. The van der Waals surface area contributed by atoms with Crippen molar-refractivity contribution in [2.45, 2.75) is 247 Å². The number of Topliss-reactive ketones (excluding diaryl/α,β-unsaturated/α-hetero) is 2. The molecule has 0 aromatic carbocycles. The van der Waals surface area contributed by atoms with Crippen LogP contribution in [0.5, 0.6) is 0 Å². The van der Waals surface area contributed by atoms with Gasteiger partial charge in [-0.1, -0.05) is 214 Å². The fourth-order valence-corrected chi connectivity index (χ4v) is 6.81. The second-order valence-electron chi connectivity index (χ2n) is 15.6. The van der Waals surface area contributed by atoms with Crippen LogP contribution in [0, 0.1) is 10.8 Å². The summed E-state index contributed by atoms with van der Waals surface area (Å²) in [7, 11) is 0. The molecule has 0 rings (SSSR count). The summed E-state index contributed by atoms with van der Waals surface area (Å²) in [5.74, 6) is 0.372. The summed E-state index contributed by atoms with van der Waals surface area (Å²) in [5.41, 5.74) is -1.18.